The van der Waals surface area contributed by atoms with Gasteiger partial charge in [-0.25, -0.2) is 0 Å². The monoisotopic (exact) mass is 350 g/mol. The quantitative estimate of drug-likeness (QED) is 0.782. The van der Waals surface area contributed by atoms with Gasteiger partial charge in [-0.2, -0.15) is 0 Å². The second-order valence-corrected chi connectivity index (χ2v) is 8.03. The number of aromatic hydroxyl groups is 2. The van der Waals surface area contributed by atoms with Crippen molar-refractivity contribution in [2.75, 3.05) is 13.2 Å². The highest BCUT2D eigenvalue weighted by atomic mass is 16.7. The zero-order valence-corrected chi connectivity index (χ0v) is 15.4. The molecule has 2 aliphatic rings. The Labute approximate surface area is 149 Å². The zero-order chi connectivity index (χ0) is 18.0. The number of ether oxygens (including phenoxy) is 3. The molecule has 3 rings (SSSR count). The molecule has 4 unspecified atom stereocenters. The molecule has 1 heterocycles. The van der Waals surface area contributed by atoms with Gasteiger partial charge in [-0.3, -0.25) is 0 Å². The lowest BCUT2D eigenvalue weighted by Gasteiger charge is -2.41. The van der Waals surface area contributed by atoms with Crippen LogP contribution < -0.4 is 0 Å². The van der Waals surface area contributed by atoms with Crippen LogP contribution in [-0.2, 0) is 14.2 Å². The van der Waals surface area contributed by atoms with Crippen molar-refractivity contribution in [3.05, 3.63) is 23.8 Å². The van der Waals surface area contributed by atoms with Gasteiger partial charge in [0.25, 0.3) is 0 Å². The van der Waals surface area contributed by atoms with Gasteiger partial charge < -0.3 is 24.4 Å². The third-order valence-electron chi connectivity index (χ3n) is 5.90. The molecule has 2 N–H and O–H groups in total. The van der Waals surface area contributed by atoms with E-state index >= 15 is 0 Å². The van der Waals surface area contributed by atoms with E-state index in [4.69, 9.17) is 14.2 Å². The molecule has 25 heavy (non-hydrogen) atoms. The highest BCUT2D eigenvalue weighted by Gasteiger charge is 2.36. The molecule has 1 aromatic rings. The predicted octanol–water partition coefficient (Wildman–Crippen LogP) is 4.13. The van der Waals surface area contributed by atoms with E-state index in [1.54, 1.807) is 6.07 Å². The van der Waals surface area contributed by atoms with Gasteiger partial charge in [0.05, 0.1) is 19.3 Å². The molecular formula is C20H30O5. The van der Waals surface area contributed by atoms with Crippen molar-refractivity contribution in [3.63, 3.8) is 0 Å². The maximum Gasteiger partial charge on any atom is 0.184 e. The van der Waals surface area contributed by atoms with E-state index in [-0.39, 0.29) is 17.6 Å². The molecule has 1 saturated carbocycles. The predicted molar refractivity (Wildman–Crippen MR) is 94.5 cm³/mol. The summed E-state index contributed by atoms with van der Waals surface area (Å²) in [6.07, 6.45) is 4.39. The van der Waals surface area contributed by atoms with Crippen LogP contribution in [0.25, 0.3) is 0 Å². The number of rotatable bonds is 5. The van der Waals surface area contributed by atoms with Crippen molar-refractivity contribution in [2.45, 2.75) is 65.0 Å². The lowest BCUT2D eigenvalue weighted by Crippen LogP contribution is -2.35. The van der Waals surface area contributed by atoms with Crippen molar-refractivity contribution in [1.29, 1.82) is 0 Å². The van der Waals surface area contributed by atoms with Gasteiger partial charge in [0.2, 0.25) is 0 Å². The lowest BCUT2D eigenvalue weighted by molar-refractivity contribution is -0.0930. The highest BCUT2D eigenvalue weighted by Crippen LogP contribution is 2.43. The van der Waals surface area contributed by atoms with E-state index in [9.17, 15) is 10.2 Å². The normalized spacial score (nSPS) is 33.0. The molecule has 0 radical (unpaired) electrons. The third kappa shape index (κ3) is 4.27. The van der Waals surface area contributed by atoms with Crippen LogP contribution in [0.2, 0.25) is 0 Å². The maximum atomic E-state index is 9.61. The summed E-state index contributed by atoms with van der Waals surface area (Å²) in [7, 11) is 0. The van der Waals surface area contributed by atoms with Crippen LogP contribution in [0.15, 0.2) is 18.2 Å². The summed E-state index contributed by atoms with van der Waals surface area (Å²) in [5, 5.41) is 19.0. The van der Waals surface area contributed by atoms with E-state index in [1.165, 1.54) is 25.0 Å². The molecule has 1 saturated heterocycles. The van der Waals surface area contributed by atoms with Gasteiger partial charge >= 0.3 is 0 Å². The van der Waals surface area contributed by atoms with Gasteiger partial charge in [-0.15, -0.1) is 0 Å². The molecular weight excluding hydrogens is 320 g/mol. The van der Waals surface area contributed by atoms with E-state index in [2.05, 4.69) is 20.8 Å². The van der Waals surface area contributed by atoms with Gasteiger partial charge in [-0.05, 0) is 42.7 Å². The first-order valence-electron chi connectivity index (χ1n) is 9.28. The molecule has 2 fully saturated rings. The summed E-state index contributed by atoms with van der Waals surface area (Å²) in [6, 6.07) is 4.60. The van der Waals surface area contributed by atoms with Crippen molar-refractivity contribution >= 4 is 0 Å². The molecule has 5 nitrogen and oxygen atoms in total. The van der Waals surface area contributed by atoms with E-state index in [1.807, 2.05) is 0 Å². The van der Waals surface area contributed by atoms with Crippen molar-refractivity contribution in [2.24, 2.45) is 11.3 Å². The van der Waals surface area contributed by atoms with Crippen LogP contribution in [0.1, 0.15) is 58.3 Å². The Kier molecular flexibility index (Phi) is 5.56. The molecule has 0 aromatic heterocycles. The Morgan fingerprint density at radius 1 is 1.28 bits per heavy atom. The van der Waals surface area contributed by atoms with E-state index < -0.39 is 6.29 Å². The fourth-order valence-electron chi connectivity index (χ4n) is 3.77. The van der Waals surface area contributed by atoms with Crippen molar-refractivity contribution in [1.82, 2.24) is 0 Å². The Bertz CT molecular complexity index is 587. The van der Waals surface area contributed by atoms with Crippen molar-refractivity contribution < 1.29 is 24.4 Å². The fraction of sp³-hybridized carbons (Fsp3) is 0.700. The summed E-state index contributed by atoms with van der Waals surface area (Å²) < 4.78 is 17.7. The summed E-state index contributed by atoms with van der Waals surface area (Å²) >= 11 is 0. The first-order chi connectivity index (χ1) is 11.9. The first-order valence-corrected chi connectivity index (χ1v) is 9.28. The van der Waals surface area contributed by atoms with Crippen LogP contribution in [0, 0.1) is 11.3 Å². The van der Waals surface area contributed by atoms with Crippen LogP contribution in [0.3, 0.4) is 0 Å². The first kappa shape index (κ1) is 18.5. The fourth-order valence-corrected chi connectivity index (χ4v) is 3.77. The Morgan fingerprint density at radius 2 is 2.08 bits per heavy atom. The molecule has 0 bridgehead atoms. The standard InChI is InChI=1S/C20H30O5/c1-13(2)20(3)8-4-5-15(10-20)23-11-16-12-24-19(25-16)14-6-7-17(21)18(22)9-14/h6-7,9,13,15-16,19,21-22H,4-5,8,10-12H2,1-3H3. The number of hydrogen-bond donors (Lipinski definition) is 2. The lowest BCUT2D eigenvalue weighted by atomic mass is 9.67. The summed E-state index contributed by atoms with van der Waals surface area (Å²) in [5.74, 6) is 0.350. The average molecular weight is 350 g/mol. The molecule has 1 aliphatic carbocycles. The minimum absolute atomic E-state index is 0.104. The Hall–Kier alpha value is -1.30. The molecule has 140 valence electrons. The number of phenols is 2. The van der Waals surface area contributed by atoms with Gasteiger partial charge in [0.1, 0.15) is 6.10 Å². The highest BCUT2D eigenvalue weighted by molar-refractivity contribution is 5.41. The minimum Gasteiger partial charge on any atom is -0.504 e. The second-order valence-electron chi connectivity index (χ2n) is 8.03. The van der Waals surface area contributed by atoms with Crippen LogP contribution in [0.4, 0.5) is 0 Å². The van der Waals surface area contributed by atoms with Gasteiger partial charge in [0, 0.05) is 5.56 Å². The Balaban J connectivity index is 1.49. The average Bonchev–Trinajstić information content (AvgIpc) is 3.04. The largest absolute Gasteiger partial charge is 0.504 e. The SMILES string of the molecule is CC(C)C1(C)CCCC(OCC2COC(c3ccc(O)c(O)c3)O2)C1. The van der Waals surface area contributed by atoms with E-state index in [0.29, 0.717) is 36.2 Å². The third-order valence-corrected chi connectivity index (χ3v) is 5.90. The van der Waals surface area contributed by atoms with Crippen LogP contribution in [-0.4, -0.2) is 35.6 Å². The van der Waals surface area contributed by atoms with Crippen LogP contribution >= 0.6 is 0 Å². The Morgan fingerprint density at radius 3 is 2.80 bits per heavy atom. The summed E-state index contributed by atoms with van der Waals surface area (Å²) in [5.41, 5.74) is 1.06. The zero-order valence-electron chi connectivity index (χ0n) is 15.4. The molecule has 0 spiro atoms. The van der Waals surface area contributed by atoms with Crippen LogP contribution in [0.5, 0.6) is 11.5 Å². The summed E-state index contributed by atoms with van der Waals surface area (Å²) in [4.78, 5) is 0. The molecule has 1 aliphatic heterocycles. The smallest absolute Gasteiger partial charge is 0.184 e. The molecule has 0 amide bonds. The summed E-state index contributed by atoms with van der Waals surface area (Å²) in [6.45, 7) is 7.97. The number of benzene rings is 1. The number of phenolic OH excluding ortho intramolecular Hbond substituents is 2. The molecule has 4 atom stereocenters. The molecule has 1 aromatic carbocycles. The number of hydrogen-bond acceptors (Lipinski definition) is 5. The van der Waals surface area contributed by atoms with Gasteiger partial charge in [0.15, 0.2) is 17.8 Å². The molecule has 5 heteroatoms. The minimum atomic E-state index is -0.521. The topological polar surface area (TPSA) is 68.2 Å². The van der Waals surface area contributed by atoms with Gasteiger partial charge in [-0.1, -0.05) is 33.3 Å². The second kappa shape index (κ2) is 7.52. The van der Waals surface area contributed by atoms with Crippen molar-refractivity contribution in [3.8, 4) is 11.5 Å². The maximum absolute atomic E-state index is 9.61. The van der Waals surface area contributed by atoms with E-state index in [0.717, 1.165) is 12.8 Å².